The molecule has 0 spiro atoms. The predicted octanol–water partition coefficient (Wildman–Crippen LogP) is -1.08. The summed E-state index contributed by atoms with van der Waals surface area (Å²) >= 11 is 0. The number of quaternary nitrogens is 1. The number of carboxylic acids is 2. The van der Waals surface area contributed by atoms with Gasteiger partial charge in [-0.05, 0) is 24.3 Å². The van der Waals surface area contributed by atoms with Gasteiger partial charge >= 0.3 is 11.9 Å². The van der Waals surface area contributed by atoms with Gasteiger partial charge in [-0.2, -0.15) is 0 Å². The molecule has 1 rings (SSSR count). The van der Waals surface area contributed by atoms with Gasteiger partial charge in [0.1, 0.15) is 0 Å². The third-order valence-electron chi connectivity index (χ3n) is 2.49. The summed E-state index contributed by atoms with van der Waals surface area (Å²) in [6.07, 6.45) is 5.10. The predicted molar refractivity (Wildman–Crippen MR) is 80.4 cm³/mol. The number of aromatic carboxylic acids is 2. The van der Waals surface area contributed by atoms with Gasteiger partial charge in [-0.15, -0.1) is 0 Å². The van der Waals surface area contributed by atoms with Gasteiger partial charge in [0.05, 0.1) is 32.7 Å². The van der Waals surface area contributed by atoms with Crippen molar-refractivity contribution < 1.29 is 36.7 Å². The average molecular weight is 329 g/mol. The van der Waals surface area contributed by atoms with E-state index in [9.17, 15) is 9.59 Å². The molecule has 0 amide bonds. The fourth-order valence-electron chi connectivity index (χ4n) is 1.52. The van der Waals surface area contributed by atoms with Crippen LogP contribution in [0.4, 0.5) is 0 Å². The fraction of sp³-hybridized carbons (Fsp3) is 0.267. The molecule has 0 bridgehead atoms. The molecule has 2 N–H and O–H groups in total. The van der Waals surface area contributed by atoms with E-state index in [1.54, 1.807) is 0 Å². The summed E-state index contributed by atoms with van der Waals surface area (Å²) in [6, 6.07) is 2.56. The van der Waals surface area contributed by atoms with Gasteiger partial charge in [0, 0.05) is 6.20 Å². The third-order valence-corrected chi connectivity index (χ3v) is 2.49. The van der Waals surface area contributed by atoms with Crippen molar-refractivity contribution in [3.05, 3.63) is 54.9 Å². The number of rotatable bonds is 6. The van der Waals surface area contributed by atoms with E-state index in [0.717, 1.165) is 17.6 Å². The number of aromatic nitrogens is 1. The Kier molecular flexibility index (Phi) is 10.6. The molecular weight excluding hydrogens is 308 g/mol. The third kappa shape index (κ3) is 8.18. The van der Waals surface area contributed by atoms with Crippen LogP contribution in [0.25, 0.3) is 0 Å². The molecule has 0 aromatic carbocycles. The van der Waals surface area contributed by atoms with Crippen molar-refractivity contribution in [1.29, 1.82) is 0 Å². The maximum atomic E-state index is 10.4. The zero-order valence-corrected chi connectivity index (χ0v) is 13.5. The molecule has 0 aliphatic heterocycles. The minimum atomic E-state index is -1.34. The molecule has 0 atom stereocenters. The summed E-state index contributed by atoms with van der Waals surface area (Å²) in [5.74, 6) is -2.63. The number of hydrogen-bond acceptors (Lipinski definition) is 3. The Balaban J connectivity index is 0. The van der Waals surface area contributed by atoms with E-state index >= 15 is 0 Å². The minimum absolute atomic E-state index is 0. The Morgan fingerprint density at radius 1 is 1.18 bits per heavy atom. The van der Waals surface area contributed by atoms with E-state index in [1.165, 1.54) is 18.3 Å². The van der Waals surface area contributed by atoms with Crippen molar-refractivity contribution in [2.75, 3.05) is 27.2 Å². The van der Waals surface area contributed by atoms with Crippen molar-refractivity contribution in [2.24, 2.45) is 0 Å². The number of pyridine rings is 1. The van der Waals surface area contributed by atoms with E-state index in [1.807, 2.05) is 12.2 Å². The molecule has 7 heteroatoms. The monoisotopic (exact) mass is 328 g/mol. The Morgan fingerprint density at radius 2 is 1.68 bits per heavy atom. The van der Waals surface area contributed by atoms with Gasteiger partial charge in [-0.25, -0.2) is 14.6 Å². The van der Waals surface area contributed by atoms with Crippen molar-refractivity contribution in [1.82, 2.24) is 4.98 Å². The second-order valence-corrected chi connectivity index (χ2v) is 4.89. The van der Waals surface area contributed by atoms with Gasteiger partial charge in [0.15, 0.2) is 5.69 Å². The molecule has 1 aromatic heterocycles. The van der Waals surface area contributed by atoms with Gasteiger partial charge in [-0.3, -0.25) is 0 Å². The van der Waals surface area contributed by atoms with E-state index in [-0.39, 0.29) is 18.0 Å². The molecule has 0 fully saturated rings. The van der Waals surface area contributed by atoms with Crippen LogP contribution in [0, 0.1) is 0 Å². The molecule has 0 unspecified atom stereocenters. The van der Waals surface area contributed by atoms with Crippen molar-refractivity contribution in [3.8, 4) is 0 Å². The molecule has 0 aliphatic rings. The quantitative estimate of drug-likeness (QED) is 0.512. The molecule has 0 radical (unpaired) electrons. The lowest BCUT2D eigenvalue weighted by Crippen LogP contribution is -3.00. The van der Waals surface area contributed by atoms with Crippen LogP contribution in [-0.4, -0.2) is 58.8 Å². The highest BCUT2D eigenvalue weighted by Gasteiger charge is 2.15. The normalized spacial score (nSPS) is 9.55. The standard InChI is InChI=1S/C8H16N.C7H5NO4.ClH/c1-5-7-9(3,4)8-6-2;9-6(10)4-2-1-3-8-5(4)7(11)12;/h5-6H,1-2,7-8H2,3-4H3;1-3H,(H,9,10)(H,11,12);1H/q+1;;/p-1. The summed E-state index contributed by atoms with van der Waals surface area (Å²) in [5.41, 5.74) is -0.741. The first-order valence-electron chi connectivity index (χ1n) is 6.20. The number of carbonyl (C=O) groups is 2. The lowest BCUT2D eigenvalue weighted by molar-refractivity contribution is -0.878. The Labute approximate surface area is 136 Å². The first-order valence-corrected chi connectivity index (χ1v) is 6.20. The zero-order chi connectivity index (χ0) is 16.5. The van der Waals surface area contributed by atoms with Crippen LogP contribution >= 0.6 is 0 Å². The lowest BCUT2D eigenvalue weighted by atomic mass is 10.2. The average Bonchev–Trinajstić information content (AvgIpc) is 2.39. The second kappa shape index (κ2) is 10.5. The van der Waals surface area contributed by atoms with Crippen LogP contribution in [0.2, 0.25) is 0 Å². The first kappa shape index (κ1) is 22.1. The Bertz CT molecular complexity index is 485. The van der Waals surface area contributed by atoms with Crippen LogP contribution in [0.15, 0.2) is 43.6 Å². The summed E-state index contributed by atoms with van der Waals surface area (Å²) < 4.78 is 0.951. The largest absolute Gasteiger partial charge is 1.00 e. The SMILES string of the molecule is C=CC[N+](C)(C)CC=C.O=C(O)c1cccnc1C(=O)O.[Cl-]. The van der Waals surface area contributed by atoms with Crippen LogP contribution in [-0.2, 0) is 0 Å². The molecule has 22 heavy (non-hydrogen) atoms. The van der Waals surface area contributed by atoms with Crippen LogP contribution in [0.5, 0.6) is 0 Å². The van der Waals surface area contributed by atoms with E-state index in [0.29, 0.717) is 0 Å². The molecule has 0 saturated heterocycles. The van der Waals surface area contributed by atoms with Gasteiger partial charge in [-0.1, -0.05) is 13.2 Å². The van der Waals surface area contributed by atoms with E-state index in [2.05, 4.69) is 32.2 Å². The summed E-state index contributed by atoms with van der Waals surface area (Å²) in [6.45, 7) is 9.37. The number of likely N-dealkylation sites (N-methyl/N-ethyl adjacent to an activating group) is 1. The molecule has 1 aromatic rings. The maximum Gasteiger partial charge on any atom is 0.355 e. The number of halogens is 1. The van der Waals surface area contributed by atoms with Crippen molar-refractivity contribution >= 4 is 11.9 Å². The maximum absolute atomic E-state index is 10.4. The molecule has 6 nitrogen and oxygen atoms in total. The zero-order valence-electron chi connectivity index (χ0n) is 12.7. The molecule has 0 saturated carbocycles. The molecular formula is C15H21ClN2O4. The molecule has 122 valence electrons. The summed E-state index contributed by atoms with van der Waals surface area (Å²) in [7, 11) is 4.31. The van der Waals surface area contributed by atoms with E-state index < -0.39 is 17.6 Å². The number of nitrogens with zero attached hydrogens (tertiary/aromatic N) is 2. The van der Waals surface area contributed by atoms with Crippen molar-refractivity contribution in [3.63, 3.8) is 0 Å². The highest BCUT2D eigenvalue weighted by Crippen LogP contribution is 2.04. The first-order chi connectivity index (χ1) is 9.75. The number of carboxylic acid groups (broad SMARTS) is 2. The highest BCUT2D eigenvalue weighted by molar-refractivity contribution is 5.99. The minimum Gasteiger partial charge on any atom is -1.00 e. The smallest absolute Gasteiger partial charge is 0.355 e. The van der Waals surface area contributed by atoms with Crippen molar-refractivity contribution in [2.45, 2.75) is 0 Å². The van der Waals surface area contributed by atoms with Gasteiger partial charge < -0.3 is 27.1 Å². The number of hydrogen-bond donors (Lipinski definition) is 2. The Morgan fingerprint density at radius 3 is 2.00 bits per heavy atom. The van der Waals surface area contributed by atoms with Gasteiger partial charge in [0.25, 0.3) is 0 Å². The lowest BCUT2D eigenvalue weighted by Gasteiger charge is -2.26. The van der Waals surface area contributed by atoms with Crippen LogP contribution in [0.3, 0.4) is 0 Å². The molecule has 0 aliphatic carbocycles. The fourth-order valence-corrected chi connectivity index (χ4v) is 1.52. The van der Waals surface area contributed by atoms with Crippen LogP contribution < -0.4 is 12.4 Å². The Hall–Kier alpha value is -2.18. The van der Waals surface area contributed by atoms with Gasteiger partial charge in [0.2, 0.25) is 0 Å². The topological polar surface area (TPSA) is 87.5 Å². The molecule has 1 heterocycles. The second-order valence-electron chi connectivity index (χ2n) is 4.89. The highest BCUT2D eigenvalue weighted by atomic mass is 35.5. The summed E-state index contributed by atoms with van der Waals surface area (Å²) in [5, 5.41) is 17.0. The van der Waals surface area contributed by atoms with Crippen LogP contribution in [0.1, 0.15) is 20.8 Å². The summed E-state index contributed by atoms with van der Waals surface area (Å²) in [4.78, 5) is 24.2. The van der Waals surface area contributed by atoms with E-state index in [4.69, 9.17) is 10.2 Å².